The molecule has 0 aromatic carbocycles. The maximum atomic E-state index is 11.9. The van der Waals surface area contributed by atoms with E-state index in [4.69, 9.17) is 0 Å². The van der Waals surface area contributed by atoms with E-state index in [2.05, 4.69) is 20.6 Å². The van der Waals surface area contributed by atoms with Gasteiger partial charge in [-0.05, 0) is 36.8 Å². The number of hydrogen-bond donors (Lipinski definition) is 2. The largest absolute Gasteiger partial charge is 0.370 e. The predicted molar refractivity (Wildman–Crippen MR) is 73.8 cm³/mol. The van der Waals surface area contributed by atoms with Crippen LogP contribution in [0.25, 0.3) is 0 Å². The molecular weight excluding hydrogens is 240 g/mol. The zero-order chi connectivity index (χ0) is 13.5. The van der Waals surface area contributed by atoms with E-state index in [1.54, 1.807) is 30.7 Å². The third-order valence-corrected chi connectivity index (χ3v) is 2.59. The lowest BCUT2D eigenvalue weighted by molar-refractivity contribution is 0.0950. The van der Waals surface area contributed by atoms with Crippen molar-refractivity contribution in [2.75, 3.05) is 11.9 Å². The van der Waals surface area contributed by atoms with Crippen LogP contribution in [0.15, 0.2) is 42.9 Å². The van der Waals surface area contributed by atoms with Gasteiger partial charge in [0.15, 0.2) is 0 Å². The summed E-state index contributed by atoms with van der Waals surface area (Å²) in [4.78, 5) is 20.0. The highest BCUT2D eigenvalue weighted by molar-refractivity contribution is 5.93. The Bertz CT molecular complexity index is 525. The van der Waals surface area contributed by atoms with Crippen molar-refractivity contribution in [2.24, 2.45) is 0 Å². The van der Waals surface area contributed by atoms with E-state index in [1.807, 2.05) is 19.1 Å². The highest BCUT2D eigenvalue weighted by Crippen LogP contribution is 2.05. The van der Waals surface area contributed by atoms with Gasteiger partial charge >= 0.3 is 0 Å². The molecule has 19 heavy (non-hydrogen) atoms. The van der Waals surface area contributed by atoms with Crippen molar-refractivity contribution in [3.8, 4) is 0 Å². The SMILES string of the molecule is CCNc1ccc(C(=O)NCc2ccncc2)cn1. The van der Waals surface area contributed by atoms with E-state index in [1.165, 1.54) is 0 Å². The number of nitrogens with one attached hydrogen (secondary N) is 2. The molecule has 5 heteroatoms. The highest BCUT2D eigenvalue weighted by atomic mass is 16.1. The van der Waals surface area contributed by atoms with E-state index in [-0.39, 0.29) is 5.91 Å². The molecule has 0 saturated carbocycles. The number of nitrogens with zero attached hydrogens (tertiary/aromatic N) is 2. The van der Waals surface area contributed by atoms with E-state index in [9.17, 15) is 4.79 Å². The van der Waals surface area contributed by atoms with Gasteiger partial charge in [-0.2, -0.15) is 0 Å². The summed E-state index contributed by atoms with van der Waals surface area (Å²) in [7, 11) is 0. The van der Waals surface area contributed by atoms with Crippen LogP contribution in [0.5, 0.6) is 0 Å². The van der Waals surface area contributed by atoms with Crippen molar-refractivity contribution in [3.63, 3.8) is 0 Å². The smallest absolute Gasteiger partial charge is 0.253 e. The Labute approximate surface area is 112 Å². The molecule has 2 aromatic heterocycles. The number of aromatic nitrogens is 2. The predicted octanol–water partition coefficient (Wildman–Crippen LogP) is 1.84. The molecular formula is C14H16N4O. The number of hydrogen-bond acceptors (Lipinski definition) is 4. The summed E-state index contributed by atoms with van der Waals surface area (Å²) < 4.78 is 0. The molecule has 0 fully saturated rings. The van der Waals surface area contributed by atoms with Crippen LogP contribution in [0.2, 0.25) is 0 Å². The van der Waals surface area contributed by atoms with Crippen LogP contribution in [0.4, 0.5) is 5.82 Å². The fourth-order valence-electron chi connectivity index (χ4n) is 1.60. The molecule has 0 aliphatic carbocycles. The van der Waals surface area contributed by atoms with Crippen molar-refractivity contribution in [1.29, 1.82) is 0 Å². The van der Waals surface area contributed by atoms with Crippen molar-refractivity contribution < 1.29 is 4.79 Å². The Kier molecular flexibility index (Phi) is 4.44. The number of rotatable bonds is 5. The summed E-state index contributed by atoms with van der Waals surface area (Å²) in [5.41, 5.74) is 1.57. The van der Waals surface area contributed by atoms with E-state index in [0.29, 0.717) is 12.1 Å². The lowest BCUT2D eigenvalue weighted by Gasteiger charge is -2.06. The summed E-state index contributed by atoms with van der Waals surface area (Å²) in [6, 6.07) is 7.29. The molecule has 0 aliphatic heterocycles. The van der Waals surface area contributed by atoms with Gasteiger partial charge in [0.05, 0.1) is 5.56 Å². The summed E-state index contributed by atoms with van der Waals surface area (Å²) in [5, 5.41) is 5.92. The van der Waals surface area contributed by atoms with Crippen LogP contribution in [0, 0.1) is 0 Å². The molecule has 0 aliphatic rings. The first kappa shape index (κ1) is 13.0. The van der Waals surface area contributed by atoms with Gasteiger partial charge in [0.25, 0.3) is 5.91 Å². The van der Waals surface area contributed by atoms with Crippen molar-refractivity contribution in [1.82, 2.24) is 15.3 Å². The summed E-state index contributed by atoms with van der Waals surface area (Å²) in [6.45, 7) is 3.29. The molecule has 0 unspecified atom stereocenters. The van der Waals surface area contributed by atoms with Crippen LogP contribution < -0.4 is 10.6 Å². The number of amides is 1. The standard InChI is InChI=1S/C14H16N4O/c1-2-16-13-4-3-12(10-17-13)14(19)18-9-11-5-7-15-8-6-11/h3-8,10H,2,9H2,1H3,(H,16,17)(H,18,19). The van der Waals surface area contributed by atoms with E-state index < -0.39 is 0 Å². The Hall–Kier alpha value is -2.43. The third kappa shape index (κ3) is 3.77. The fourth-order valence-corrected chi connectivity index (χ4v) is 1.60. The zero-order valence-electron chi connectivity index (χ0n) is 10.8. The average molecular weight is 256 g/mol. The van der Waals surface area contributed by atoms with Gasteiger partial charge in [-0.3, -0.25) is 9.78 Å². The maximum Gasteiger partial charge on any atom is 0.253 e. The quantitative estimate of drug-likeness (QED) is 0.856. The second-order valence-corrected chi connectivity index (χ2v) is 4.00. The molecule has 2 aromatic rings. The minimum atomic E-state index is -0.132. The molecule has 2 N–H and O–H groups in total. The Balaban J connectivity index is 1.92. The van der Waals surface area contributed by atoms with E-state index in [0.717, 1.165) is 17.9 Å². The monoisotopic (exact) mass is 256 g/mol. The van der Waals surface area contributed by atoms with Crippen LogP contribution in [-0.2, 0) is 6.54 Å². The lowest BCUT2D eigenvalue weighted by atomic mass is 10.2. The minimum Gasteiger partial charge on any atom is -0.370 e. The summed E-state index contributed by atoms with van der Waals surface area (Å²) >= 11 is 0. The number of pyridine rings is 2. The number of anilines is 1. The first-order valence-corrected chi connectivity index (χ1v) is 6.16. The van der Waals surface area contributed by atoms with Crippen LogP contribution >= 0.6 is 0 Å². The summed E-state index contributed by atoms with van der Waals surface area (Å²) in [6.07, 6.45) is 4.97. The van der Waals surface area contributed by atoms with Gasteiger partial charge < -0.3 is 10.6 Å². The molecule has 2 heterocycles. The molecule has 0 spiro atoms. The lowest BCUT2D eigenvalue weighted by Crippen LogP contribution is -2.22. The maximum absolute atomic E-state index is 11.9. The topological polar surface area (TPSA) is 66.9 Å². The van der Waals surface area contributed by atoms with Gasteiger partial charge in [0.2, 0.25) is 0 Å². The molecule has 0 radical (unpaired) electrons. The van der Waals surface area contributed by atoms with Gasteiger partial charge in [-0.25, -0.2) is 4.98 Å². The van der Waals surface area contributed by atoms with Gasteiger partial charge in [0.1, 0.15) is 5.82 Å². The Morgan fingerprint density at radius 2 is 2.00 bits per heavy atom. The highest BCUT2D eigenvalue weighted by Gasteiger charge is 2.05. The second kappa shape index (κ2) is 6.49. The van der Waals surface area contributed by atoms with Crippen LogP contribution in [0.3, 0.4) is 0 Å². The van der Waals surface area contributed by atoms with Crippen molar-refractivity contribution in [2.45, 2.75) is 13.5 Å². The molecule has 0 bridgehead atoms. The minimum absolute atomic E-state index is 0.132. The summed E-state index contributed by atoms with van der Waals surface area (Å²) in [5.74, 6) is 0.639. The number of carbonyl (C=O) groups excluding carboxylic acids is 1. The Morgan fingerprint density at radius 3 is 2.63 bits per heavy atom. The molecule has 0 atom stereocenters. The normalized spacial score (nSPS) is 9.95. The molecule has 1 amide bonds. The van der Waals surface area contributed by atoms with Crippen LogP contribution in [0.1, 0.15) is 22.8 Å². The molecule has 2 rings (SSSR count). The first-order chi connectivity index (χ1) is 9.29. The molecule has 5 nitrogen and oxygen atoms in total. The first-order valence-electron chi connectivity index (χ1n) is 6.16. The number of carbonyl (C=O) groups is 1. The van der Waals surface area contributed by atoms with Crippen molar-refractivity contribution >= 4 is 11.7 Å². The Morgan fingerprint density at radius 1 is 1.21 bits per heavy atom. The average Bonchev–Trinajstić information content (AvgIpc) is 2.47. The molecule has 98 valence electrons. The van der Waals surface area contributed by atoms with Gasteiger partial charge in [-0.1, -0.05) is 0 Å². The zero-order valence-corrected chi connectivity index (χ0v) is 10.8. The van der Waals surface area contributed by atoms with Crippen LogP contribution in [-0.4, -0.2) is 22.4 Å². The van der Waals surface area contributed by atoms with Gasteiger partial charge in [0, 0.05) is 31.7 Å². The third-order valence-electron chi connectivity index (χ3n) is 2.59. The second-order valence-electron chi connectivity index (χ2n) is 4.00. The molecule has 0 saturated heterocycles. The van der Waals surface area contributed by atoms with Gasteiger partial charge in [-0.15, -0.1) is 0 Å². The fraction of sp³-hybridized carbons (Fsp3) is 0.214. The van der Waals surface area contributed by atoms with E-state index >= 15 is 0 Å². The van der Waals surface area contributed by atoms with Crippen molar-refractivity contribution in [3.05, 3.63) is 54.0 Å².